The first kappa shape index (κ1) is 19.0. The maximum atomic E-state index is 10.6. The van der Waals surface area contributed by atoms with Crippen LogP contribution in [0.4, 0.5) is 0 Å². The van der Waals surface area contributed by atoms with E-state index in [9.17, 15) is 4.79 Å². The second-order valence-electron chi connectivity index (χ2n) is 6.46. The highest BCUT2D eigenvalue weighted by molar-refractivity contribution is 6.35. The average Bonchev–Trinajstić information content (AvgIpc) is 2.60. The van der Waals surface area contributed by atoms with Crippen LogP contribution in [-0.4, -0.2) is 23.7 Å². The van der Waals surface area contributed by atoms with E-state index < -0.39 is 5.97 Å². The summed E-state index contributed by atoms with van der Waals surface area (Å²) < 4.78 is 5.90. The lowest BCUT2D eigenvalue weighted by Gasteiger charge is -2.26. The van der Waals surface area contributed by atoms with E-state index in [4.69, 9.17) is 33.0 Å². The fraction of sp³-hybridized carbons (Fsp3) is 0.350. The van der Waals surface area contributed by atoms with Gasteiger partial charge in [0.25, 0.3) is 0 Å². The van der Waals surface area contributed by atoms with E-state index in [0.717, 1.165) is 30.6 Å². The quantitative estimate of drug-likeness (QED) is 0.727. The van der Waals surface area contributed by atoms with Crippen LogP contribution < -0.4 is 10.1 Å². The zero-order valence-electron chi connectivity index (χ0n) is 14.3. The van der Waals surface area contributed by atoms with Gasteiger partial charge in [-0.1, -0.05) is 35.3 Å². The van der Waals surface area contributed by atoms with Crippen molar-refractivity contribution in [3.05, 3.63) is 63.1 Å². The summed E-state index contributed by atoms with van der Waals surface area (Å²) >= 11 is 12.4. The van der Waals surface area contributed by atoms with Gasteiger partial charge >= 0.3 is 5.97 Å². The number of fused-ring (bicyclic) bond motifs is 1. The van der Waals surface area contributed by atoms with Crippen LogP contribution in [0.1, 0.15) is 29.5 Å². The van der Waals surface area contributed by atoms with Crippen molar-refractivity contribution in [1.29, 1.82) is 0 Å². The van der Waals surface area contributed by atoms with E-state index in [2.05, 4.69) is 17.4 Å². The number of halogens is 2. The Hall–Kier alpha value is -1.75. The number of hydrogen-bond acceptors (Lipinski definition) is 3. The van der Waals surface area contributed by atoms with Gasteiger partial charge in [0.15, 0.2) is 0 Å². The molecule has 138 valence electrons. The number of carboxylic acids is 1. The molecule has 2 aromatic rings. The van der Waals surface area contributed by atoms with E-state index in [1.807, 2.05) is 12.1 Å². The Labute approximate surface area is 163 Å². The summed E-state index contributed by atoms with van der Waals surface area (Å²) in [5.41, 5.74) is 3.35. The molecule has 1 unspecified atom stereocenters. The summed E-state index contributed by atoms with van der Waals surface area (Å²) in [6.45, 7) is 0.814. The van der Waals surface area contributed by atoms with Crippen LogP contribution in [0.5, 0.6) is 5.75 Å². The van der Waals surface area contributed by atoms with Gasteiger partial charge in [0.1, 0.15) is 12.4 Å². The lowest BCUT2D eigenvalue weighted by molar-refractivity contribution is -0.136. The fourth-order valence-electron chi connectivity index (χ4n) is 3.21. The van der Waals surface area contributed by atoms with E-state index in [1.54, 1.807) is 12.1 Å². The summed E-state index contributed by atoms with van der Waals surface area (Å²) in [4.78, 5) is 10.6. The maximum absolute atomic E-state index is 10.6. The molecule has 0 heterocycles. The van der Waals surface area contributed by atoms with Crippen molar-refractivity contribution < 1.29 is 14.6 Å². The number of benzene rings is 2. The van der Waals surface area contributed by atoms with Crippen molar-refractivity contribution in [2.24, 2.45) is 0 Å². The molecule has 26 heavy (non-hydrogen) atoms. The van der Waals surface area contributed by atoms with Gasteiger partial charge in [-0.05, 0) is 54.7 Å². The third-order valence-corrected chi connectivity index (χ3v) is 5.33. The van der Waals surface area contributed by atoms with Crippen molar-refractivity contribution in [3.63, 3.8) is 0 Å². The number of rotatable bonds is 7. The predicted molar refractivity (Wildman–Crippen MR) is 103 cm³/mol. The molecule has 0 fully saturated rings. The van der Waals surface area contributed by atoms with Gasteiger partial charge in [0.2, 0.25) is 0 Å². The molecule has 2 N–H and O–H groups in total. The van der Waals surface area contributed by atoms with Gasteiger partial charge in [0, 0.05) is 28.2 Å². The van der Waals surface area contributed by atoms with Gasteiger partial charge in [-0.25, -0.2) is 0 Å². The van der Waals surface area contributed by atoms with Gasteiger partial charge < -0.3 is 15.2 Å². The highest BCUT2D eigenvalue weighted by Gasteiger charge is 2.19. The Kier molecular flexibility index (Phi) is 6.41. The largest absolute Gasteiger partial charge is 0.489 e. The molecule has 3 rings (SSSR count). The molecule has 0 aromatic heterocycles. The Morgan fingerprint density at radius 1 is 1.19 bits per heavy atom. The molecule has 0 bridgehead atoms. The van der Waals surface area contributed by atoms with Crippen LogP contribution in [0.15, 0.2) is 36.4 Å². The lowest BCUT2D eigenvalue weighted by Crippen LogP contribution is -2.35. The molecule has 1 aliphatic carbocycles. The molecule has 2 aromatic carbocycles. The Morgan fingerprint density at radius 3 is 2.69 bits per heavy atom. The molecule has 0 spiro atoms. The summed E-state index contributed by atoms with van der Waals surface area (Å²) in [6, 6.07) is 11.8. The molecule has 0 radical (unpaired) electrons. The zero-order valence-corrected chi connectivity index (χ0v) is 15.8. The van der Waals surface area contributed by atoms with Crippen molar-refractivity contribution in [3.8, 4) is 5.75 Å². The zero-order chi connectivity index (χ0) is 18.5. The molecule has 0 amide bonds. The highest BCUT2D eigenvalue weighted by Crippen LogP contribution is 2.29. The Morgan fingerprint density at radius 2 is 1.96 bits per heavy atom. The molecule has 4 nitrogen and oxygen atoms in total. The second-order valence-corrected chi connectivity index (χ2v) is 7.27. The van der Waals surface area contributed by atoms with Gasteiger partial charge in [-0.15, -0.1) is 0 Å². The van der Waals surface area contributed by atoms with Crippen LogP contribution in [0.2, 0.25) is 10.0 Å². The van der Waals surface area contributed by atoms with Crippen LogP contribution in [0.3, 0.4) is 0 Å². The second kappa shape index (κ2) is 8.76. The molecule has 6 heteroatoms. The molecule has 1 atom stereocenters. The summed E-state index contributed by atoms with van der Waals surface area (Å²) in [7, 11) is 0. The predicted octanol–water partition coefficient (Wildman–Crippen LogP) is 4.49. The number of aliphatic carboxylic acids is 1. The Bertz CT molecular complexity index is 774. The van der Waals surface area contributed by atoms with Crippen molar-refractivity contribution in [2.45, 2.75) is 38.3 Å². The normalized spacial score (nSPS) is 16.2. The monoisotopic (exact) mass is 393 g/mol. The summed E-state index contributed by atoms with van der Waals surface area (Å²) in [6.07, 6.45) is 3.02. The Balaban J connectivity index is 1.62. The smallest absolute Gasteiger partial charge is 0.304 e. The average molecular weight is 394 g/mol. The van der Waals surface area contributed by atoms with Crippen molar-refractivity contribution in [2.75, 3.05) is 6.54 Å². The lowest BCUT2D eigenvalue weighted by atomic mass is 9.88. The topological polar surface area (TPSA) is 58.6 Å². The third-order valence-electron chi connectivity index (χ3n) is 4.62. The van der Waals surface area contributed by atoms with Crippen LogP contribution in [-0.2, 0) is 24.2 Å². The minimum Gasteiger partial charge on any atom is -0.489 e. The van der Waals surface area contributed by atoms with Crippen LogP contribution in [0.25, 0.3) is 0 Å². The molecule has 1 aliphatic rings. The molecule has 0 aliphatic heterocycles. The minimum absolute atomic E-state index is 0.144. The first-order chi connectivity index (χ1) is 12.5. The van der Waals surface area contributed by atoms with Crippen LogP contribution >= 0.6 is 23.2 Å². The molecular weight excluding hydrogens is 373 g/mol. The molecular formula is C20H21Cl2NO3. The first-order valence-corrected chi connectivity index (χ1v) is 9.41. The van der Waals surface area contributed by atoms with Crippen molar-refractivity contribution >= 4 is 29.2 Å². The molecule has 0 saturated heterocycles. The van der Waals surface area contributed by atoms with E-state index in [-0.39, 0.29) is 6.42 Å². The number of carbonyl (C=O) groups is 1. The first-order valence-electron chi connectivity index (χ1n) is 8.65. The number of nitrogens with one attached hydrogen (secondary N) is 1. The summed E-state index contributed by atoms with van der Waals surface area (Å²) in [5.74, 6) is 0.00792. The van der Waals surface area contributed by atoms with Crippen LogP contribution in [0, 0.1) is 0 Å². The van der Waals surface area contributed by atoms with Crippen molar-refractivity contribution in [1.82, 2.24) is 5.32 Å². The van der Waals surface area contributed by atoms with Gasteiger partial charge in [-0.3, -0.25) is 4.79 Å². The van der Waals surface area contributed by atoms with Gasteiger partial charge in [-0.2, -0.15) is 0 Å². The minimum atomic E-state index is -0.775. The number of hydrogen-bond donors (Lipinski definition) is 2. The third kappa shape index (κ3) is 4.91. The van der Waals surface area contributed by atoms with E-state index in [0.29, 0.717) is 29.2 Å². The van der Waals surface area contributed by atoms with Gasteiger partial charge in [0.05, 0.1) is 6.42 Å². The maximum Gasteiger partial charge on any atom is 0.304 e. The highest BCUT2D eigenvalue weighted by atomic mass is 35.5. The number of aryl methyl sites for hydroxylation is 1. The molecule has 0 saturated carbocycles. The fourth-order valence-corrected chi connectivity index (χ4v) is 3.71. The number of ether oxygens (including phenoxy) is 1. The summed E-state index contributed by atoms with van der Waals surface area (Å²) in [5, 5.41) is 13.3. The van der Waals surface area contributed by atoms with E-state index >= 15 is 0 Å². The SMILES string of the molecule is O=C(O)CCNC1CCc2ccc(OCc3c(Cl)cccc3Cl)cc2C1. The van der Waals surface area contributed by atoms with E-state index in [1.165, 1.54) is 11.1 Å². The number of carboxylic acid groups (broad SMARTS) is 1. The standard InChI is InChI=1S/C20H21Cl2NO3/c21-18-2-1-3-19(22)17(18)12-26-16-7-5-13-4-6-15(10-14(13)11-16)23-9-8-20(24)25/h1-3,5,7,11,15,23H,4,6,8-10,12H2,(H,24,25).